The van der Waals surface area contributed by atoms with Crippen molar-refractivity contribution in [2.24, 2.45) is 0 Å². The average Bonchev–Trinajstić information content (AvgIpc) is 2.41. The summed E-state index contributed by atoms with van der Waals surface area (Å²) in [6.07, 6.45) is 3.30. The third-order valence-electron chi connectivity index (χ3n) is 2.52. The lowest BCUT2D eigenvalue weighted by atomic mass is 10.2. The fraction of sp³-hybridized carbons (Fsp3) is 0.667. The highest BCUT2D eigenvalue weighted by Crippen LogP contribution is 2.23. The Kier molecular flexibility index (Phi) is 6.91. The number of nitrogen functional groups attached to an aromatic ring is 1. The van der Waals surface area contributed by atoms with Crippen molar-refractivity contribution >= 4 is 11.8 Å². The standard InChI is InChI=1S/C12H22N4O3/c1-3-4-9(8-17)15-11-10(19-6-5-18-2)7-14-12(13)16-11/h7,9,17H,3-6,8H2,1-2H3,(H3,13,14,15,16)/t9-/m0/s1. The van der Waals surface area contributed by atoms with Crippen LogP contribution in [-0.2, 0) is 4.74 Å². The number of nitrogens with one attached hydrogen (secondary N) is 1. The minimum atomic E-state index is -0.0796. The second-order valence-corrected chi connectivity index (χ2v) is 4.09. The molecule has 0 aliphatic rings. The Hall–Kier alpha value is -1.60. The molecule has 0 aliphatic carbocycles. The SMILES string of the molecule is CCC[C@@H](CO)Nc1nc(N)ncc1OCCOC. The third kappa shape index (κ3) is 5.27. The summed E-state index contributed by atoms with van der Waals surface area (Å²) in [5, 5.41) is 12.4. The lowest BCUT2D eigenvalue weighted by Crippen LogP contribution is -2.25. The quantitative estimate of drug-likeness (QED) is 0.566. The molecule has 108 valence electrons. The molecule has 7 heteroatoms. The number of nitrogens with zero attached hydrogens (tertiary/aromatic N) is 2. The van der Waals surface area contributed by atoms with E-state index >= 15 is 0 Å². The minimum absolute atomic E-state index is 0.0231. The summed E-state index contributed by atoms with van der Waals surface area (Å²) >= 11 is 0. The third-order valence-corrected chi connectivity index (χ3v) is 2.52. The lowest BCUT2D eigenvalue weighted by molar-refractivity contribution is 0.146. The molecule has 4 N–H and O–H groups in total. The molecule has 0 bridgehead atoms. The maximum Gasteiger partial charge on any atom is 0.222 e. The summed E-state index contributed by atoms with van der Waals surface area (Å²) in [4.78, 5) is 8.00. The molecule has 0 saturated carbocycles. The van der Waals surface area contributed by atoms with Gasteiger partial charge in [0.1, 0.15) is 6.61 Å². The molecule has 0 aliphatic heterocycles. The van der Waals surface area contributed by atoms with Crippen LogP contribution in [0.5, 0.6) is 5.75 Å². The van der Waals surface area contributed by atoms with Crippen LogP contribution in [0.25, 0.3) is 0 Å². The molecule has 19 heavy (non-hydrogen) atoms. The predicted octanol–water partition coefficient (Wildman–Crippen LogP) is 0.657. The van der Waals surface area contributed by atoms with Gasteiger partial charge in [0.25, 0.3) is 0 Å². The summed E-state index contributed by atoms with van der Waals surface area (Å²) in [7, 11) is 1.60. The molecule has 0 amide bonds. The van der Waals surface area contributed by atoms with Gasteiger partial charge in [0.2, 0.25) is 5.95 Å². The summed E-state index contributed by atoms with van der Waals surface area (Å²) in [6.45, 7) is 2.95. The summed E-state index contributed by atoms with van der Waals surface area (Å²) < 4.78 is 10.4. The Labute approximate surface area is 113 Å². The highest BCUT2D eigenvalue weighted by atomic mass is 16.5. The van der Waals surface area contributed by atoms with Crippen molar-refractivity contribution in [3.8, 4) is 5.75 Å². The number of methoxy groups -OCH3 is 1. The molecule has 1 aromatic rings. The Balaban J connectivity index is 2.74. The fourth-order valence-electron chi connectivity index (χ4n) is 1.58. The van der Waals surface area contributed by atoms with E-state index in [2.05, 4.69) is 22.2 Å². The molecular weight excluding hydrogens is 248 g/mol. The van der Waals surface area contributed by atoms with Crippen molar-refractivity contribution in [3.63, 3.8) is 0 Å². The van der Waals surface area contributed by atoms with Gasteiger partial charge in [-0.2, -0.15) is 4.98 Å². The highest BCUT2D eigenvalue weighted by Gasteiger charge is 2.12. The van der Waals surface area contributed by atoms with Gasteiger partial charge in [-0.1, -0.05) is 13.3 Å². The number of ether oxygens (including phenoxy) is 2. The average molecular weight is 270 g/mol. The monoisotopic (exact) mass is 270 g/mol. The molecule has 0 radical (unpaired) electrons. The van der Waals surface area contributed by atoms with Crippen LogP contribution in [0.15, 0.2) is 6.20 Å². The van der Waals surface area contributed by atoms with Crippen LogP contribution in [0.3, 0.4) is 0 Å². The van der Waals surface area contributed by atoms with E-state index in [4.69, 9.17) is 15.2 Å². The van der Waals surface area contributed by atoms with E-state index in [1.807, 2.05) is 0 Å². The molecular formula is C12H22N4O3. The number of aliphatic hydroxyl groups is 1. The van der Waals surface area contributed by atoms with Crippen LogP contribution in [0, 0.1) is 0 Å². The van der Waals surface area contributed by atoms with Crippen molar-refractivity contribution in [2.45, 2.75) is 25.8 Å². The Morgan fingerprint density at radius 1 is 1.47 bits per heavy atom. The Morgan fingerprint density at radius 2 is 2.26 bits per heavy atom. The van der Waals surface area contributed by atoms with Gasteiger partial charge in [0.15, 0.2) is 11.6 Å². The molecule has 0 spiro atoms. The van der Waals surface area contributed by atoms with Crippen molar-refractivity contribution in [2.75, 3.05) is 38.0 Å². The largest absolute Gasteiger partial charge is 0.486 e. The zero-order valence-corrected chi connectivity index (χ0v) is 11.4. The second kappa shape index (κ2) is 8.49. The summed E-state index contributed by atoms with van der Waals surface area (Å²) in [6, 6.07) is -0.0796. The van der Waals surface area contributed by atoms with Crippen molar-refractivity contribution in [1.29, 1.82) is 0 Å². The first-order valence-corrected chi connectivity index (χ1v) is 6.32. The van der Waals surface area contributed by atoms with Gasteiger partial charge >= 0.3 is 0 Å². The number of rotatable bonds is 9. The smallest absolute Gasteiger partial charge is 0.222 e. The van der Waals surface area contributed by atoms with E-state index in [0.717, 1.165) is 12.8 Å². The molecule has 0 saturated heterocycles. The number of aromatic nitrogens is 2. The van der Waals surface area contributed by atoms with Crippen molar-refractivity contribution in [1.82, 2.24) is 9.97 Å². The van der Waals surface area contributed by atoms with Gasteiger partial charge in [-0.3, -0.25) is 0 Å². The molecule has 1 heterocycles. The summed E-state index contributed by atoms with van der Waals surface area (Å²) in [5.41, 5.74) is 5.57. The first-order valence-electron chi connectivity index (χ1n) is 6.32. The molecule has 7 nitrogen and oxygen atoms in total. The molecule has 1 atom stereocenters. The fourth-order valence-corrected chi connectivity index (χ4v) is 1.58. The van der Waals surface area contributed by atoms with Gasteiger partial charge in [-0.05, 0) is 6.42 Å². The highest BCUT2D eigenvalue weighted by molar-refractivity contribution is 5.51. The lowest BCUT2D eigenvalue weighted by Gasteiger charge is -2.18. The van der Waals surface area contributed by atoms with Gasteiger partial charge in [-0.25, -0.2) is 4.98 Å². The number of aliphatic hydroxyl groups excluding tert-OH is 1. The van der Waals surface area contributed by atoms with E-state index in [9.17, 15) is 5.11 Å². The molecule has 0 aromatic carbocycles. The number of anilines is 2. The van der Waals surface area contributed by atoms with Crippen LogP contribution in [0.1, 0.15) is 19.8 Å². The molecule has 1 aromatic heterocycles. The topological polar surface area (TPSA) is 103 Å². The van der Waals surface area contributed by atoms with Crippen LogP contribution in [0.4, 0.5) is 11.8 Å². The zero-order valence-electron chi connectivity index (χ0n) is 11.4. The normalized spacial score (nSPS) is 12.2. The number of hydrogen-bond donors (Lipinski definition) is 3. The van der Waals surface area contributed by atoms with Crippen molar-refractivity contribution in [3.05, 3.63) is 6.20 Å². The molecule has 1 rings (SSSR count). The van der Waals surface area contributed by atoms with Gasteiger partial charge in [0, 0.05) is 7.11 Å². The van der Waals surface area contributed by atoms with Crippen molar-refractivity contribution < 1.29 is 14.6 Å². The Bertz CT molecular complexity index is 376. The number of nitrogens with two attached hydrogens (primary N) is 1. The maximum atomic E-state index is 9.29. The minimum Gasteiger partial charge on any atom is -0.486 e. The zero-order chi connectivity index (χ0) is 14.1. The van der Waals surface area contributed by atoms with E-state index in [1.165, 1.54) is 6.20 Å². The molecule has 0 fully saturated rings. The summed E-state index contributed by atoms with van der Waals surface area (Å²) in [5.74, 6) is 1.16. The first-order chi connectivity index (χ1) is 9.21. The van der Waals surface area contributed by atoms with Crippen LogP contribution < -0.4 is 15.8 Å². The van der Waals surface area contributed by atoms with E-state index < -0.39 is 0 Å². The first kappa shape index (κ1) is 15.5. The maximum absolute atomic E-state index is 9.29. The van der Waals surface area contributed by atoms with Crippen LogP contribution in [0.2, 0.25) is 0 Å². The second-order valence-electron chi connectivity index (χ2n) is 4.09. The Morgan fingerprint density at radius 3 is 2.89 bits per heavy atom. The number of hydrogen-bond acceptors (Lipinski definition) is 7. The van der Waals surface area contributed by atoms with E-state index in [-0.39, 0.29) is 18.6 Å². The van der Waals surface area contributed by atoms with E-state index in [0.29, 0.717) is 24.8 Å². The van der Waals surface area contributed by atoms with Gasteiger partial charge in [0.05, 0.1) is 25.5 Å². The van der Waals surface area contributed by atoms with Crippen LogP contribution in [-0.4, -0.2) is 48.0 Å². The van der Waals surface area contributed by atoms with Crippen LogP contribution >= 0.6 is 0 Å². The predicted molar refractivity (Wildman–Crippen MR) is 73.2 cm³/mol. The molecule has 0 unspecified atom stereocenters. The van der Waals surface area contributed by atoms with Gasteiger partial charge in [-0.15, -0.1) is 0 Å². The van der Waals surface area contributed by atoms with E-state index in [1.54, 1.807) is 7.11 Å². The van der Waals surface area contributed by atoms with Gasteiger partial charge < -0.3 is 25.6 Å².